The number of H-pyrrole nitrogens is 1. The third-order valence-electron chi connectivity index (χ3n) is 5.27. The highest BCUT2D eigenvalue weighted by Crippen LogP contribution is 2.20. The SMILES string of the molecule is CCCCCN(C(=O)CSCC(=O)Nc1cccc(C)c1)c1c(N)n(CCCC)c(=O)[nH]c1=O. The van der Waals surface area contributed by atoms with Gasteiger partial charge in [-0.05, 0) is 37.5 Å². The normalized spacial score (nSPS) is 10.8. The van der Waals surface area contributed by atoms with Crippen molar-refractivity contribution in [3.05, 3.63) is 50.7 Å². The summed E-state index contributed by atoms with van der Waals surface area (Å²) in [5, 5.41) is 2.81. The summed E-state index contributed by atoms with van der Waals surface area (Å²) in [6.07, 6.45) is 4.07. The number of nitrogens with zero attached hydrogens (tertiary/aromatic N) is 2. The van der Waals surface area contributed by atoms with Gasteiger partial charge in [0.1, 0.15) is 5.82 Å². The van der Waals surface area contributed by atoms with E-state index in [9.17, 15) is 19.2 Å². The third-order valence-corrected chi connectivity index (χ3v) is 6.18. The van der Waals surface area contributed by atoms with E-state index in [0.717, 1.165) is 36.6 Å². The summed E-state index contributed by atoms with van der Waals surface area (Å²) in [7, 11) is 0. The molecule has 0 aliphatic heterocycles. The lowest BCUT2D eigenvalue weighted by atomic mass is 10.2. The molecule has 4 N–H and O–H groups in total. The van der Waals surface area contributed by atoms with Crippen LogP contribution in [0, 0.1) is 6.92 Å². The molecular formula is C24H35N5O4S. The summed E-state index contributed by atoms with van der Waals surface area (Å²) in [5.41, 5.74) is 6.70. The molecule has 0 atom stereocenters. The standard InChI is InChI=1S/C24H35N5O4S/c1-4-6-8-13-28(21-22(25)29(12-7-5-2)24(33)27-23(21)32)20(31)16-34-15-19(30)26-18-11-9-10-17(3)14-18/h9-11,14H,4-8,12-13,15-16,25H2,1-3H3,(H,26,30)(H,27,32,33). The van der Waals surface area contributed by atoms with Gasteiger partial charge in [0.25, 0.3) is 5.56 Å². The molecule has 2 aromatic rings. The number of unbranched alkanes of at least 4 members (excludes halogenated alkanes) is 3. The van der Waals surface area contributed by atoms with Gasteiger partial charge in [-0.1, -0.05) is 45.2 Å². The summed E-state index contributed by atoms with van der Waals surface area (Å²) in [4.78, 5) is 54.0. The molecule has 0 bridgehead atoms. The fraction of sp³-hybridized carbons (Fsp3) is 0.500. The molecule has 10 heteroatoms. The molecule has 2 amide bonds. The van der Waals surface area contributed by atoms with Gasteiger partial charge in [-0.3, -0.25) is 23.9 Å². The zero-order valence-corrected chi connectivity index (χ0v) is 21.0. The van der Waals surface area contributed by atoms with Crippen molar-refractivity contribution in [2.24, 2.45) is 0 Å². The molecule has 2 rings (SSSR count). The molecule has 34 heavy (non-hydrogen) atoms. The maximum absolute atomic E-state index is 13.1. The smallest absolute Gasteiger partial charge is 0.330 e. The minimum Gasteiger partial charge on any atom is -0.383 e. The van der Waals surface area contributed by atoms with Crippen LogP contribution in [0.15, 0.2) is 33.9 Å². The van der Waals surface area contributed by atoms with Crippen LogP contribution in [0.4, 0.5) is 17.2 Å². The molecule has 0 aliphatic rings. The van der Waals surface area contributed by atoms with Crippen molar-refractivity contribution < 1.29 is 9.59 Å². The van der Waals surface area contributed by atoms with Crippen LogP contribution >= 0.6 is 11.8 Å². The van der Waals surface area contributed by atoms with Crippen LogP contribution in [0.25, 0.3) is 0 Å². The number of amides is 2. The number of benzene rings is 1. The van der Waals surface area contributed by atoms with E-state index in [2.05, 4.69) is 10.3 Å². The predicted octanol–water partition coefficient (Wildman–Crippen LogP) is 3.12. The number of hydrogen-bond acceptors (Lipinski definition) is 6. The first kappa shape index (κ1) is 27.2. The molecule has 1 aromatic carbocycles. The zero-order valence-electron chi connectivity index (χ0n) is 20.2. The second-order valence-electron chi connectivity index (χ2n) is 8.16. The van der Waals surface area contributed by atoms with Crippen LogP contribution in [-0.4, -0.2) is 39.4 Å². The third kappa shape index (κ3) is 7.79. The molecule has 0 radical (unpaired) electrons. The Morgan fingerprint density at radius 2 is 1.85 bits per heavy atom. The molecule has 0 aliphatic carbocycles. The van der Waals surface area contributed by atoms with Crippen molar-refractivity contribution >= 4 is 40.8 Å². The molecule has 1 aromatic heterocycles. The molecule has 0 saturated carbocycles. The summed E-state index contributed by atoms with van der Waals surface area (Å²) < 4.78 is 1.31. The van der Waals surface area contributed by atoms with Gasteiger partial charge in [0.2, 0.25) is 11.8 Å². The Balaban J connectivity index is 2.14. The van der Waals surface area contributed by atoms with Crippen LogP contribution in [-0.2, 0) is 16.1 Å². The predicted molar refractivity (Wildman–Crippen MR) is 140 cm³/mol. The van der Waals surface area contributed by atoms with Crippen molar-refractivity contribution in [2.45, 2.75) is 59.4 Å². The highest BCUT2D eigenvalue weighted by molar-refractivity contribution is 8.00. The summed E-state index contributed by atoms with van der Waals surface area (Å²) in [6, 6.07) is 7.47. The highest BCUT2D eigenvalue weighted by atomic mass is 32.2. The van der Waals surface area contributed by atoms with Gasteiger partial charge < -0.3 is 16.0 Å². The second-order valence-corrected chi connectivity index (χ2v) is 9.15. The monoisotopic (exact) mass is 489 g/mol. The van der Waals surface area contributed by atoms with Crippen molar-refractivity contribution in [2.75, 3.05) is 34.0 Å². The number of carbonyl (C=O) groups is 2. The van der Waals surface area contributed by atoms with E-state index in [1.807, 2.05) is 39.0 Å². The van der Waals surface area contributed by atoms with Crippen molar-refractivity contribution in [3.63, 3.8) is 0 Å². The number of aromatic amines is 1. The maximum atomic E-state index is 13.1. The summed E-state index contributed by atoms with van der Waals surface area (Å²) in [6.45, 7) is 6.63. The van der Waals surface area contributed by atoms with Gasteiger partial charge in [0.15, 0.2) is 5.69 Å². The van der Waals surface area contributed by atoms with E-state index in [0.29, 0.717) is 31.6 Å². The number of aryl methyl sites for hydroxylation is 1. The van der Waals surface area contributed by atoms with Crippen molar-refractivity contribution in [3.8, 4) is 0 Å². The Morgan fingerprint density at radius 3 is 2.53 bits per heavy atom. The molecule has 0 spiro atoms. The van der Waals surface area contributed by atoms with Gasteiger partial charge in [-0.25, -0.2) is 4.79 Å². The molecule has 9 nitrogen and oxygen atoms in total. The lowest BCUT2D eigenvalue weighted by Gasteiger charge is -2.24. The van der Waals surface area contributed by atoms with Gasteiger partial charge in [-0.15, -0.1) is 11.8 Å². The molecular weight excluding hydrogens is 454 g/mol. The Morgan fingerprint density at radius 1 is 1.12 bits per heavy atom. The lowest BCUT2D eigenvalue weighted by molar-refractivity contribution is -0.116. The number of rotatable bonds is 13. The van der Waals surface area contributed by atoms with Gasteiger partial charge in [0.05, 0.1) is 11.5 Å². The van der Waals surface area contributed by atoms with Gasteiger partial charge >= 0.3 is 5.69 Å². The van der Waals surface area contributed by atoms with Crippen LogP contribution < -0.4 is 27.2 Å². The van der Waals surface area contributed by atoms with Crippen molar-refractivity contribution in [1.29, 1.82) is 0 Å². The average molecular weight is 490 g/mol. The first-order valence-corrected chi connectivity index (χ1v) is 12.8. The van der Waals surface area contributed by atoms with E-state index in [1.54, 1.807) is 6.07 Å². The Hall–Kier alpha value is -3.01. The molecule has 0 unspecified atom stereocenters. The minimum atomic E-state index is -0.678. The number of thioether (sulfide) groups is 1. The molecule has 1 heterocycles. The fourth-order valence-electron chi connectivity index (χ4n) is 3.49. The second kappa shape index (κ2) is 13.6. The number of aromatic nitrogens is 2. The lowest BCUT2D eigenvalue weighted by Crippen LogP contribution is -2.42. The van der Waals surface area contributed by atoms with Crippen molar-refractivity contribution in [1.82, 2.24) is 9.55 Å². The number of anilines is 3. The van der Waals surface area contributed by atoms with Gasteiger partial charge in [-0.2, -0.15) is 0 Å². The molecule has 0 saturated heterocycles. The first-order chi connectivity index (χ1) is 16.3. The summed E-state index contributed by atoms with van der Waals surface area (Å²) in [5.74, 6) is -0.465. The number of nitrogen functional groups attached to an aromatic ring is 1. The Kier molecular flexibility index (Phi) is 10.9. The van der Waals surface area contributed by atoms with Crippen LogP contribution in [0.2, 0.25) is 0 Å². The first-order valence-electron chi connectivity index (χ1n) is 11.7. The Labute approximate surface area is 204 Å². The average Bonchev–Trinajstić information content (AvgIpc) is 2.77. The number of nitrogens with one attached hydrogen (secondary N) is 2. The number of nitrogens with two attached hydrogens (primary N) is 1. The molecule has 0 fully saturated rings. The van der Waals surface area contributed by atoms with Crippen LogP contribution in [0.5, 0.6) is 0 Å². The quantitative estimate of drug-likeness (QED) is 0.371. The topological polar surface area (TPSA) is 130 Å². The van der Waals surface area contributed by atoms with Crippen LogP contribution in [0.1, 0.15) is 51.5 Å². The minimum absolute atomic E-state index is 0.000326. The largest absolute Gasteiger partial charge is 0.383 e. The van der Waals surface area contributed by atoms with E-state index in [4.69, 9.17) is 5.73 Å². The highest BCUT2D eigenvalue weighted by Gasteiger charge is 2.24. The van der Waals surface area contributed by atoms with Gasteiger partial charge in [0, 0.05) is 18.8 Å². The Bertz CT molecular complexity index is 1100. The maximum Gasteiger partial charge on any atom is 0.330 e. The summed E-state index contributed by atoms with van der Waals surface area (Å²) >= 11 is 1.16. The van der Waals surface area contributed by atoms with E-state index < -0.39 is 11.2 Å². The van der Waals surface area contributed by atoms with E-state index in [-0.39, 0.29) is 34.8 Å². The fourth-order valence-corrected chi connectivity index (χ4v) is 4.18. The zero-order chi connectivity index (χ0) is 25.1. The van der Waals surface area contributed by atoms with Crippen LogP contribution in [0.3, 0.4) is 0 Å². The number of hydrogen-bond donors (Lipinski definition) is 3. The molecule has 186 valence electrons. The van der Waals surface area contributed by atoms with E-state index >= 15 is 0 Å². The van der Waals surface area contributed by atoms with E-state index in [1.165, 1.54) is 9.47 Å². The number of carbonyl (C=O) groups excluding carboxylic acids is 2.